The van der Waals surface area contributed by atoms with Crippen LogP contribution in [-0.4, -0.2) is 14.9 Å². The lowest BCUT2D eigenvalue weighted by atomic mass is 9.96. The third-order valence-corrected chi connectivity index (χ3v) is 4.27. The molecule has 0 aliphatic carbocycles. The van der Waals surface area contributed by atoms with Crippen molar-refractivity contribution in [1.29, 1.82) is 0 Å². The maximum absolute atomic E-state index is 12.7. The zero-order valence-corrected chi connectivity index (χ0v) is 13.2. The van der Waals surface area contributed by atoms with Crippen molar-refractivity contribution in [2.45, 2.75) is 0 Å². The molecule has 4 aromatic rings. The molecule has 2 N–H and O–H groups in total. The van der Waals surface area contributed by atoms with E-state index in [9.17, 15) is 9.90 Å². The van der Waals surface area contributed by atoms with Crippen molar-refractivity contribution in [3.8, 4) is 28.1 Å². The van der Waals surface area contributed by atoms with Crippen LogP contribution in [0.1, 0.15) is 0 Å². The van der Waals surface area contributed by atoms with Gasteiger partial charge in [0.1, 0.15) is 5.75 Å². The normalized spacial score (nSPS) is 11.0. The Kier molecular flexibility index (Phi) is 3.24. The van der Waals surface area contributed by atoms with Crippen LogP contribution in [0.4, 0.5) is 0 Å². The summed E-state index contributed by atoms with van der Waals surface area (Å²) in [7, 11) is 1.68. The first-order chi connectivity index (χ1) is 11.7. The molecule has 1 aromatic heterocycles. The van der Waals surface area contributed by atoms with E-state index in [0.29, 0.717) is 16.8 Å². The van der Waals surface area contributed by atoms with Crippen LogP contribution in [-0.2, 0) is 7.05 Å². The minimum Gasteiger partial charge on any atom is -0.507 e. The van der Waals surface area contributed by atoms with Crippen LogP contribution >= 0.6 is 0 Å². The first kappa shape index (κ1) is 14.3. The Morgan fingerprint density at radius 1 is 0.875 bits per heavy atom. The number of aromatic nitrogens is 2. The number of hydrogen-bond donors (Lipinski definition) is 2. The van der Waals surface area contributed by atoms with Gasteiger partial charge in [-0.3, -0.25) is 14.6 Å². The number of benzene rings is 3. The van der Waals surface area contributed by atoms with Gasteiger partial charge in [0.05, 0.1) is 11.3 Å². The summed E-state index contributed by atoms with van der Waals surface area (Å²) in [5.41, 5.74) is 2.53. The van der Waals surface area contributed by atoms with Crippen LogP contribution in [0.2, 0.25) is 0 Å². The lowest BCUT2D eigenvalue weighted by molar-refractivity contribution is 0.478. The summed E-state index contributed by atoms with van der Waals surface area (Å²) in [5, 5.41) is 15.5. The van der Waals surface area contributed by atoms with Gasteiger partial charge in [0.25, 0.3) is 5.56 Å². The SMILES string of the molecule is Cn1[nH]c(-c2c(O)ccc3ccccc23)c(-c2ccccc2)c1=O. The molecular formula is C20H16N2O2. The average molecular weight is 316 g/mol. The summed E-state index contributed by atoms with van der Waals surface area (Å²) in [4.78, 5) is 12.7. The number of aromatic amines is 1. The van der Waals surface area contributed by atoms with E-state index in [1.165, 1.54) is 4.68 Å². The van der Waals surface area contributed by atoms with Gasteiger partial charge in [-0.15, -0.1) is 0 Å². The Morgan fingerprint density at radius 3 is 2.38 bits per heavy atom. The minimum absolute atomic E-state index is 0.122. The van der Waals surface area contributed by atoms with Gasteiger partial charge in [-0.25, -0.2) is 0 Å². The lowest BCUT2D eigenvalue weighted by Crippen LogP contribution is -2.12. The van der Waals surface area contributed by atoms with Crippen LogP contribution in [0.5, 0.6) is 5.75 Å². The zero-order valence-electron chi connectivity index (χ0n) is 13.2. The van der Waals surface area contributed by atoms with Gasteiger partial charge in [0.2, 0.25) is 0 Å². The molecule has 1 heterocycles. The highest BCUT2D eigenvalue weighted by Gasteiger charge is 2.20. The fourth-order valence-corrected chi connectivity index (χ4v) is 3.13. The number of nitrogens with one attached hydrogen (secondary N) is 1. The summed E-state index contributed by atoms with van der Waals surface area (Å²) in [6.45, 7) is 0. The Bertz CT molecular complexity index is 1090. The third kappa shape index (κ3) is 2.12. The van der Waals surface area contributed by atoms with Crippen molar-refractivity contribution >= 4 is 10.8 Å². The van der Waals surface area contributed by atoms with Crippen molar-refractivity contribution in [2.75, 3.05) is 0 Å². The van der Waals surface area contributed by atoms with Gasteiger partial charge in [-0.1, -0.05) is 60.7 Å². The molecule has 0 amide bonds. The van der Waals surface area contributed by atoms with E-state index >= 15 is 0 Å². The number of fused-ring (bicyclic) bond motifs is 1. The number of phenolic OH excluding ortho intramolecular Hbond substituents is 1. The summed E-state index contributed by atoms with van der Waals surface area (Å²) in [5.74, 6) is 0.146. The maximum atomic E-state index is 12.7. The van der Waals surface area contributed by atoms with Crippen molar-refractivity contribution in [3.05, 3.63) is 77.1 Å². The molecular weight excluding hydrogens is 300 g/mol. The van der Waals surface area contributed by atoms with Gasteiger partial charge >= 0.3 is 0 Å². The topological polar surface area (TPSA) is 58.0 Å². The largest absolute Gasteiger partial charge is 0.507 e. The first-order valence-corrected chi connectivity index (χ1v) is 7.72. The Balaban J connectivity index is 2.12. The predicted octanol–water partition coefficient (Wildman–Crippen LogP) is 3.91. The predicted molar refractivity (Wildman–Crippen MR) is 96.1 cm³/mol. The number of H-pyrrole nitrogens is 1. The number of rotatable bonds is 2. The summed E-state index contributed by atoms with van der Waals surface area (Å²) < 4.78 is 1.44. The molecule has 0 saturated heterocycles. The highest BCUT2D eigenvalue weighted by atomic mass is 16.3. The molecule has 0 aliphatic heterocycles. The molecule has 3 aromatic carbocycles. The van der Waals surface area contributed by atoms with Crippen LogP contribution in [0.15, 0.2) is 71.5 Å². The summed E-state index contributed by atoms with van der Waals surface area (Å²) in [6.07, 6.45) is 0. The van der Waals surface area contributed by atoms with E-state index < -0.39 is 0 Å². The molecule has 4 heteroatoms. The number of aromatic hydroxyl groups is 1. The molecule has 0 radical (unpaired) electrons. The Labute approximate surface area is 138 Å². The molecule has 0 saturated carbocycles. The second-order valence-corrected chi connectivity index (χ2v) is 5.77. The van der Waals surface area contributed by atoms with E-state index in [1.54, 1.807) is 13.1 Å². The van der Waals surface area contributed by atoms with Crippen LogP contribution < -0.4 is 5.56 Å². The number of phenols is 1. The van der Waals surface area contributed by atoms with Crippen molar-refractivity contribution < 1.29 is 5.11 Å². The number of aryl methyl sites for hydroxylation is 1. The van der Waals surface area contributed by atoms with Gasteiger partial charge in [0, 0.05) is 12.6 Å². The van der Waals surface area contributed by atoms with Crippen LogP contribution in [0.3, 0.4) is 0 Å². The van der Waals surface area contributed by atoms with Crippen molar-refractivity contribution in [2.24, 2.45) is 7.05 Å². The molecule has 0 spiro atoms. The lowest BCUT2D eigenvalue weighted by Gasteiger charge is -2.09. The number of nitrogens with zero attached hydrogens (tertiary/aromatic N) is 1. The second-order valence-electron chi connectivity index (χ2n) is 5.77. The number of hydrogen-bond acceptors (Lipinski definition) is 2. The van der Waals surface area contributed by atoms with E-state index in [2.05, 4.69) is 5.10 Å². The smallest absolute Gasteiger partial charge is 0.274 e. The summed E-state index contributed by atoms with van der Waals surface area (Å²) in [6, 6.07) is 20.9. The monoisotopic (exact) mass is 316 g/mol. The van der Waals surface area contributed by atoms with E-state index in [1.807, 2.05) is 60.7 Å². The highest BCUT2D eigenvalue weighted by Crippen LogP contribution is 2.38. The first-order valence-electron chi connectivity index (χ1n) is 7.72. The fourth-order valence-electron chi connectivity index (χ4n) is 3.13. The highest BCUT2D eigenvalue weighted by molar-refractivity contribution is 6.01. The summed E-state index contributed by atoms with van der Waals surface area (Å²) >= 11 is 0. The molecule has 0 aliphatic rings. The van der Waals surface area contributed by atoms with Gasteiger partial charge in [-0.2, -0.15) is 0 Å². The average Bonchev–Trinajstić information content (AvgIpc) is 2.90. The van der Waals surface area contributed by atoms with Crippen LogP contribution in [0, 0.1) is 0 Å². The van der Waals surface area contributed by atoms with E-state index in [-0.39, 0.29) is 11.3 Å². The fraction of sp³-hybridized carbons (Fsp3) is 0.0500. The molecule has 118 valence electrons. The zero-order chi connectivity index (χ0) is 16.7. The molecule has 0 fully saturated rings. The molecule has 0 unspecified atom stereocenters. The van der Waals surface area contributed by atoms with Gasteiger partial charge in [0.15, 0.2) is 0 Å². The minimum atomic E-state index is -0.122. The quantitative estimate of drug-likeness (QED) is 0.589. The van der Waals surface area contributed by atoms with Crippen LogP contribution in [0.25, 0.3) is 33.2 Å². The Hall–Kier alpha value is -3.27. The second kappa shape index (κ2) is 5.42. The standard InChI is InChI=1S/C20H16N2O2/c1-22-20(24)17(14-8-3-2-4-9-14)19(21-22)18-15-10-6-5-7-13(15)11-12-16(18)23/h2-12,21,23H,1H3. The molecule has 0 atom stereocenters. The van der Waals surface area contributed by atoms with Crippen molar-refractivity contribution in [1.82, 2.24) is 9.78 Å². The molecule has 4 rings (SSSR count). The Morgan fingerprint density at radius 2 is 1.58 bits per heavy atom. The molecule has 24 heavy (non-hydrogen) atoms. The molecule has 0 bridgehead atoms. The van der Waals surface area contributed by atoms with Crippen molar-refractivity contribution in [3.63, 3.8) is 0 Å². The van der Waals surface area contributed by atoms with E-state index in [0.717, 1.165) is 16.3 Å². The third-order valence-electron chi connectivity index (χ3n) is 4.27. The van der Waals surface area contributed by atoms with Gasteiger partial charge < -0.3 is 5.11 Å². The molecule has 4 nitrogen and oxygen atoms in total. The van der Waals surface area contributed by atoms with E-state index in [4.69, 9.17) is 0 Å². The maximum Gasteiger partial charge on any atom is 0.274 e. The van der Waals surface area contributed by atoms with Gasteiger partial charge in [-0.05, 0) is 22.4 Å².